The fourth-order valence-corrected chi connectivity index (χ4v) is 0. The van der Waals surface area contributed by atoms with E-state index in [1.807, 2.05) is 0 Å². The number of nitrogens with zero attached hydrogens (tertiary/aromatic N) is 2. The molecule has 0 bridgehead atoms. The van der Waals surface area contributed by atoms with Crippen molar-refractivity contribution in [3.05, 3.63) is 0 Å². The largest absolute Gasteiger partial charge is 0.332 e. The van der Waals surface area contributed by atoms with Crippen LogP contribution in [-0.2, 0) is 0 Å². The third kappa shape index (κ3) is 13.0. The van der Waals surface area contributed by atoms with E-state index in [1.54, 1.807) is 0 Å². The molecule has 0 saturated heterocycles. The Kier molecular flexibility index (Phi) is 9.87. The first kappa shape index (κ1) is 14.9. The summed E-state index contributed by atoms with van der Waals surface area (Å²) in [5.41, 5.74) is 0. The van der Waals surface area contributed by atoms with Crippen molar-refractivity contribution >= 4 is 17.9 Å². The molecule has 0 rings (SSSR count). The van der Waals surface area contributed by atoms with Gasteiger partial charge in [0, 0.05) is 2.85 Å². The van der Waals surface area contributed by atoms with Gasteiger partial charge < -0.3 is 9.13 Å². The first-order valence-corrected chi connectivity index (χ1v) is 10.3. The van der Waals surface area contributed by atoms with Gasteiger partial charge in [-0.15, -0.1) is 0 Å². The van der Waals surface area contributed by atoms with Crippen LogP contribution in [0.4, 0.5) is 0 Å². The van der Waals surface area contributed by atoms with Gasteiger partial charge in [0.15, 0.2) is 0 Å². The minimum Gasteiger partial charge on any atom is -0.332 e. The molecular formula is C8H30N2Si2. The van der Waals surface area contributed by atoms with Crippen LogP contribution in [0.1, 0.15) is 2.85 Å². The standard InChI is InChI=1S/2C4H13NSi.2H2/c2*1-5(2)6(3)4;;/h2*6H,1-4H3;2*1H. The first-order chi connectivity index (χ1) is 5.29. The van der Waals surface area contributed by atoms with Gasteiger partial charge in [0.05, 0.1) is 0 Å². The molecule has 0 unspecified atom stereocenters. The van der Waals surface area contributed by atoms with Gasteiger partial charge in [-0.3, -0.25) is 0 Å². The summed E-state index contributed by atoms with van der Waals surface area (Å²) in [4.78, 5) is 0. The van der Waals surface area contributed by atoms with E-state index in [2.05, 4.69) is 63.5 Å². The summed E-state index contributed by atoms with van der Waals surface area (Å²) >= 11 is 0. The van der Waals surface area contributed by atoms with Crippen LogP contribution in [0.2, 0.25) is 26.2 Å². The predicted molar refractivity (Wildman–Crippen MR) is 69.4 cm³/mol. The van der Waals surface area contributed by atoms with Gasteiger partial charge >= 0.3 is 0 Å². The fraction of sp³-hybridized carbons (Fsp3) is 1.00. The quantitative estimate of drug-likeness (QED) is 0.638. The molecule has 0 saturated carbocycles. The van der Waals surface area contributed by atoms with Crippen LogP contribution in [0, 0.1) is 0 Å². The first-order valence-electron chi connectivity index (χ1n) is 4.61. The summed E-state index contributed by atoms with van der Waals surface area (Å²) in [6.07, 6.45) is 0. The van der Waals surface area contributed by atoms with Gasteiger partial charge in [-0.05, 0) is 28.2 Å². The maximum atomic E-state index is 2.31. The van der Waals surface area contributed by atoms with E-state index in [0.717, 1.165) is 0 Å². The van der Waals surface area contributed by atoms with Gasteiger partial charge in [-0.2, -0.15) is 0 Å². The smallest absolute Gasteiger partial charge is 0.105 e. The summed E-state index contributed by atoms with van der Waals surface area (Å²) in [5, 5.41) is 0. The maximum absolute atomic E-state index is 2.31. The second kappa shape index (κ2) is 7.98. The Morgan fingerprint density at radius 1 is 0.667 bits per heavy atom. The molecule has 0 aromatic heterocycles. The van der Waals surface area contributed by atoms with Crippen molar-refractivity contribution in [2.75, 3.05) is 28.2 Å². The molecule has 12 heavy (non-hydrogen) atoms. The van der Waals surface area contributed by atoms with Crippen molar-refractivity contribution in [2.45, 2.75) is 26.2 Å². The zero-order valence-electron chi connectivity index (χ0n) is 10.0. The van der Waals surface area contributed by atoms with Gasteiger partial charge in [0.2, 0.25) is 0 Å². The second-order valence-electron chi connectivity index (χ2n) is 4.11. The molecule has 0 heterocycles. The lowest BCUT2D eigenvalue weighted by atomic mass is 11.3. The zero-order chi connectivity index (χ0) is 10.3. The Labute approximate surface area is 84.9 Å². The van der Waals surface area contributed by atoms with Crippen molar-refractivity contribution < 1.29 is 2.85 Å². The highest BCUT2D eigenvalue weighted by Crippen LogP contribution is 1.80. The van der Waals surface area contributed by atoms with Crippen LogP contribution < -0.4 is 0 Å². The lowest BCUT2D eigenvalue weighted by Gasteiger charge is -2.10. The van der Waals surface area contributed by atoms with E-state index in [-0.39, 0.29) is 2.85 Å². The van der Waals surface area contributed by atoms with Crippen LogP contribution in [0.25, 0.3) is 0 Å². The molecule has 0 aromatic carbocycles. The maximum Gasteiger partial charge on any atom is 0.105 e. The molecule has 4 heteroatoms. The van der Waals surface area contributed by atoms with Gasteiger partial charge in [0.1, 0.15) is 17.9 Å². The molecule has 0 aliphatic rings. The Balaban J connectivity index is -0.0000000625. The van der Waals surface area contributed by atoms with Crippen LogP contribution in [0.15, 0.2) is 0 Å². The molecule has 0 aromatic rings. The van der Waals surface area contributed by atoms with Gasteiger partial charge in [0.25, 0.3) is 0 Å². The van der Waals surface area contributed by atoms with Crippen LogP contribution in [-0.4, -0.2) is 55.2 Å². The third-order valence-electron chi connectivity index (χ3n) is 2.07. The zero-order valence-corrected chi connectivity index (χ0v) is 12.4. The monoisotopic (exact) mass is 210 g/mol. The highest BCUT2D eigenvalue weighted by atomic mass is 28.3. The van der Waals surface area contributed by atoms with Crippen LogP contribution >= 0.6 is 0 Å². The van der Waals surface area contributed by atoms with Crippen molar-refractivity contribution in [3.8, 4) is 0 Å². The molecule has 80 valence electrons. The number of hydrogen-bond donors (Lipinski definition) is 0. The molecule has 0 aliphatic heterocycles. The van der Waals surface area contributed by atoms with Crippen LogP contribution in [0.5, 0.6) is 0 Å². The van der Waals surface area contributed by atoms with E-state index >= 15 is 0 Å². The summed E-state index contributed by atoms with van der Waals surface area (Å²) in [6, 6.07) is 0. The molecule has 2 nitrogen and oxygen atoms in total. The number of rotatable bonds is 2. The van der Waals surface area contributed by atoms with Crippen molar-refractivity contribution in [2.24, 2.45) is 0 Å². The lowest BCUT2D eigenvalue weighted by Crippen LogP contribution is -2.25. The summed E-state index contributed by atoms with van der Waals surface area (Å²) < 4.78 is 4.61. The van der Waals surface area contributed by atoms with Crippen LogP contribution in [0.3, 0.4) is 0 Å². The van der Waals surface area contributed by atoms with E-state index in [4.69, 9.17) is 0 Å². The number of hydrogen-bond acceptors (Lipinski definition) is 2. The van der Waals surface area contributed by atoms with E-state index < -0.39 is 17.9 Å². The van der Waals surface area contributed by atoms with Gasteiger partial charge in [-0.1, -0.05) is 26.2 Å². The van der Waals surface area contributed by atoms with Gasteiger partial charge in [-0.25, -0.2) is 0 Å². The predicted octanol–water partition coefficient (Wildman–Crippen LogP) is 1.55. The lowest BCUT2D eigenvalue weighted by molar-refractivity contribution is 0.648. The summed E-state index contributed by atoms with van der Waals surface area (Å²) in [5.74, 6) is 0. The summed E-state index contributed by atoms with van der Waals surface area (Å²) in [6.45, 7) is 9.22. The topological polar surface area (TPSA) is 6.48 Å². The van der Waals surface area contributed by atoms with Crippen molar-refractivity contribution in [1.82, 2.24) is 9.13 Å². The van der Waals surface area contributed by atoms with E-state index in [1.165, 1.54) is 0 Å². The Bertz CT molecular complexity index is 77.3. The second-order valence-corrected chi connectivity index (χ2v) is 10.6. The normalized spacial score (nSPS) is 11.0. The molecule has 0 N–H and O–H groups in total. The average Bonchev–Trinajstić information content (AvgIpc) is 1.88. The average molecular weight is 211 g/mol. The van der Waals surface area contributed by atoms with E-state index in [0.29, 0.717) is 0 Å². The summed E-state index contributed by atoms with van der Waals surface area (Å²) in [7, 11) is 7.72. The SMILES string of the molecule is CN(C)[SiH](C)C.CN(C)[SiH](C)C.[HH].[HH]. The highest BCUT2D eigenvalue weighted by Gasteiger charge is 1.93. The minimum absolute atomic E-state index is 0. The molecule has 0 spiro atoms. The molecule has 0 aliphatic carbocycles. The van der Waals surface area contributed by atoms with Crippen molar-refractivity contribution in [3.63, 3.8) is 0 Å². The Hall–Kier alpha value is 0.354. The molecule has 0 fully saturated rings. The Morgan fingerprint density at radius 3 is 0.750 bits per heavy atom. The Morgan fingerprint density at radius 2 is 0.750 bits per heavy atom. The minimum atomic E-state index is -0.410. The molecule has 0 radical (unpaired) electrons. The van der Waals surface area contributed by atoms with E-state index in [9.17, 15) is 0 Å². The highest BCUT2D eigenvalue weighted by molar-refractivity contribution is 6.52. The van der Waals surface area contributed by atoms with Crippen molar-refractivity contribution in [1.29, 1.82) is 0 Å². The molecule has 0 amide bonds. The molecular weight excluding hydrogens is 180 g/mol. The third-order valence-corrected chi connectivity index (χ3v) is 6.20. The fourth-order valence-electron chi connectivity index (χ4n) is 0. The molecule has 0 atom stereocenters.